The molecule has 9 heteroatoms. The maximum Gasteiger partial charge on any atom is 0.253 e. The second-order valence-corrected chi connectivity index (χ2v) is 8.40. The van der Waals surface area contributed by atoms with Crippen LogP contribution in [0.2, 0.25) is 0 Å². The molecule has 0 spiro atoms. The van der Waals surface area contributed by atoms with Crippen LogP contribution in [0.25, 0.3) is 10.9 Å². The molecule has 1 N–H and O–H groups in total. The van der Waals surface area contributed by atoms with E-state index in [1.54, 1.807) is 0 Å². The van der Waals surface area contributed by atoms with E-state index in [-0.39, 0.29) is 17.1 Å². The van der Waals surface area contributed by atoms with Gasteiger partial charge in [-0.15, -0.1) is 5.10 Å². The summed E-state index contributed by atoms with van der Waals surface area (Å²) in [7, 11) is 0. The molecule has 1 aliphatic rings. The molecule has 0 amide bonds. The first-order valence-corrected chi connectivity index (χ1v) is 10.8. The van der Waals surface area contributed by atoms with Crippen molar-refractivity contribution in [2.75, 3.05) is 32.9 Å². The van der Waals surface area contributed by atoms with E-state index >= 15 is 0 Å². The predicted octanol–water partition coefficient (Wildman–Crippen LogP) is 2.48. The van der Waals surface area contributed by atoms with Gasteiger partial charge < -0.3 is 14.5 Å². The lowest BCUT2D eigenvalue weighted by Crippen LogP contribution is -2.43. The van der Waals surface area contributed by atoms with Gasteiger partial charge in [0.1, 0.15) is 11.8 Å². The fourth-order valence-corrected chi connectivity index (χ4v) is 3.94. The molecule has 166 valence electrons. The van der Waals surface area contributed by atoms with E-state index < -0.39 is 0 Å². The summed E-state index contributed by atoms with van der Waals surface area (Å²) in [6.07, 6.45) is 0.854. The summed E-state index contributed by atoms with van der Waals surface area (Å²) in [5.41, 5.74) is 0.962. The number of aromatic amines is 1. The summed E-state index contributed by atoms with van der Waals surface area (Å²) in [5, 5.41) is 13.6. The highest BCUT2D eigenvalue weighted by atomic mass is 16.5. The van der Waals surface area contributed by atoms with Crippen LogP contribution in [0.1, 0.15) is 51.5 Å². The minimum atomic E-state index is -0.381. The number of H-pyrrole nitrogens is 1. The minimum Gasteiger partial charge on any atom is -0.494 e. The van der Waals surface area contributed by atoms with Crippen molar-refractivity contribution in [1.29, 1.82) is 0 Å². The van der Waals surface area contributed by atoms with Crippen LogP contribution in [-0.4, -0.2) is 63.0 Å². The Kier molecular flexibility index (Phi) is 6.06. The zero-order valence-electron chi connectivity index (χ0n) is 18.6. The lowest BCUT2D eigenvalue weighted by molar-refractivity contribution is 0.0204. The van der Waals surface area contributed by atoms with Gasteiger partial charge in [0.05, 0.1) is 25.4 Å². The zero-order chi connectivity index (χ0) is 22.0. The van der Waals surface area contributed by atoms with E-state index in [1.165, 1.54) is 0 Å². The Morgan fingerprint density at radius 3 is 2.71 bits per heavy atom. The van der Waals surface area contributed by atoms with Crippen molar-refractivity contribution in [2.45, 2.75) is 45.7 Å². The molecule has 4 rings (SSSR count). The number of ether oxygens (including phenoxy) is 2. The van der Waals surface area contributed by atoms with E-state index in [2.05, 4.69) is 46.2 Å². The first-order chi connectivity index (χ1) is 14.9. The summed E-state index contributed by atoms with van der Waals surface area (Å²) < 4.78 is 13.1. The SMILES string of the molecule is CCOc1ccc2[nH]c(=O)c(C(c3nnnn3C(C)(C)CC)N3CCOCC3)cc2c1. The quantitative estimate of drug-likeness (QED) is 0.620. The van der Waals surface area contributed by atoms with Crippen LogP contribution in [0.4, 0.5) is 0 Å². The first-order valence-electron chi connectivity index (χ1n) is 10.8. The summed E-state index contributed by atoms with van der Waals surface area (Å²) >= 11 is 0. The molecule has 0 aliphatic carbocycles. The molecule has 1 unspecified atom stereocenters. The minimum absolute atomic E-state index is 0.142. The Morgan fingerprint density at radius 2 is 2.00 bits per heavy atom. The van der Waals surface area contributed by atoms with Gasteiger partial charge in [0, 0.05) is 29.6 Å². The number of benzene rings is 1. The highest BCUT2D eigenvalue weighted by Crippen LogP contribution is 2.31. The van der Waals surface area contributed by atoms with Crippen molar-refractivity contribution in [1.82, 2.24) is 30.1 Å². The van der Waals surface area contributed by atoms with Gasteiger partial charge in [-0.25, -0.2) is 4.68 Å². The Balaban J connectivity index is 1.88. The Morgan fingerprint density at radius 1 is 1.23 bits per heavy atom. The topological polar surface area (TPSA) is 98.2 Å². The lowest BCUT2D eigenvalue weighted by Gasteiger charge is -2.35. The fraction of sp³-hybridized carbons (Fsp3) is 0.545. The molecule has 1 aromatic carbocycles. The fourth-order valence-electron chi connectivity index (χ4n) is 3.94. The summed E-state index contributed by atoms with van der Waals surface area (Å²) in [6, 6.07) is 7.25. The van der Waals surface area contributed by atoms with Crippen molar-refractivity contribution in [3.05, 3.63) is 46.0 Å². The smallest absolute Gasteiger partial charge is 0.253 e. The molecule has 1 saturated heterocycles. The van der Waals surface area contributed by atoms with E-state index in [1.807, 2.05) is 35.9 Å². The van der Waals surface area contributed by atoms with Crippen LogP contribution >= 0.6 is 0 Å². The molecule has 1 aliphatic heterocycles. The molecule has 0 saturated carbocycles. The van der Waals surface area contributed by atoms with E-state index in [0.717, 1.165) is 23.1 Å². The van der Waals surface area contributed by atoms with Gasteiger partial charge in [-0.05, 0) is 61.9 Å². The Bertz CT molecular complexity index is 1100. The van der Waals surface area contributed by atoms with Crippen molar-refractivity contribution in [3.8, 4) is 5.75 Å². The highest BCUT2D eigenvalue weighted by Gasteiger charge is 2.34. The van der Waals surface area contributed by atoms with Crippen molar-refractivity contribution >= 4 is 10.9 Å². The average Bonchev–Trinajstić information content (AvgIpc) is 3.26. The molecule has 1 atom stereocenters. The van der Waals surface area contributed by atoms with Gasteiger partial charge in [-0.3, -0.25) is 9.69 Å². The lowest BCUT2D eigenvalue weighted by atomic mass is 9.99. The predicted molar refractivity (Wildman–Crippen MR) is 117 cm³/mol. The van der Waals surface area contributed by atoms with Crippen molar-refractivity contribution in [2.24, 2.45) is 0 Å². The molecule has 9 nitrogen and oxygen atoms in total. The van der Waals surface area contributed by atoms with Crippen molar-refractivity contribution in [3.63, 3.8) is 0 Å². The molecule has 1 fully saturated rings. The van der Waals surface area contributed by atoms with Gasteiger partial charge in [-0.2, -0.15) is 0 Å². The number of pyridine rings is 1. The maximum atomic E-state index is 13.2. The number of tetrazole rings is 1. The number of aromatic nitrogens is 5. The molecule has 3 heterocycles. The molecule has 0 bridgehead atoms. The third-order valence-corrected chi connectivity index (χ3v) is 6.04. The van der Waals surface area contributed by atoms with Crippen LogP contribution in [0.5, 0.6) is 5.75 Å². The zero-order valence-corrected chi connectivity index (χ0v) is 18.6. The molecule has 2 aromatic heterocycles. The number of fused-ring (bicyclic) bond motifs is 1. The second kappa shape index (κ2) is 8.76. The van der Waals surface area contributed by atoms with Gasteiger partial charge in [0.2, 0.25) is 0 Å². The molecule has 0 radical (unpaired) electrons. The number of morpholine rings is 1. The highest BCUT2D eigenvalue weighted by molar-refractivity contribution is 5.80. The normalized spacial score (nSPS) is 16.5. The van der Waals surface area contributed by atoms with Gasteiger partial charge in [0.15, 0.2) is 5.82 Å². The number of hydrogen-bond donors (Lipinski definition) is 1. The summed E-state index contributed by atoms with van der Waals surface area (Å²) in [4.78, 5) is 18.5. The van der Waals surface area contributed by atoms with E-state index in [0.29, 0.717) is 44.3 Å². The summed E-state index contributed by atoms with van der Waals surface area (Å²) in [5.74, 6) is 1.44. The average molecular weight is 427 g/mol. The Labute approximate surface area is 181 Å². The third-order valence-electron chi connectivity index (χ3n) is 6.04. The molecular weight excluding hydrogens is 396 g/mol. The number of hydrogen-bond acceptors (Lipinski definition) is 7. The molecular formula is C22H30N6O3. The van der Waals surface area contributed by atoms with Crippen LogP contribution in [0.15, 0.2) is 29.1 Å². The second-order valence-electron chi connectivity index (χ2n) is 8.40. The maximum absolute atomic E-state index is 13.2. The van der Waals surface area contributed by atoms with Crippen LogP contribution in [0, 0.1) is 0 Å². The Hall–Kier alpha value is -2.78. The monoisotopic (exact) mass is 426 g/mol. The van der Waals surface area contributed by atoms with Gasteiger partial charge in [0.25, 0.3) is 5.56 Å². The number of nitrogens with one attached hydrogen (secondary N) is 1. The standard InChI is InChI=1S/C22H30N6O3/c1-5-22(3,4)28-20(24-25-26-28)19(27-9-11-30-12-10-27)17-14-15-13-16(31-6-2)7-8-18(15)23-21(17)29/h7-8,13-14,19H,5-6,9-12H2,1-4H3,(H,23,29). The van der Waals surface area contributed by atoms with Crippen molar-refractivity contribution < 1.29 is 9.47 Å². The largest absolute Gasteiger partial charge is 0.494 e. The van der Waals surface area contributed by atoms with Crippen LogP contribution in [0.3, 0.4) is 0 Å². The number of nitrogens with zero attached hydrogens (tertiary/aromatic N) is 5. The summed E-state index contributed by atoms with van der Waals surface area (Å²) in [6.45, 7) is 11.4. The van der Waals surface area contributed by atoms with Crippen LogP contribution < -0.4 is 10.3 Å². The molecule has 31 heavy (non-hydrogen) atoms. The van der Waals surface area contributed by atoms with Gasteiger partial charge >= 0.3 is 0 Å². The van der Waals surface area contributed by atoms with Gasteiger partial charge in [-0.1, -0.05) is 6.92 Å². The first kappa shape index (κ1) is 21.5. The van der Waals surface area contributed by atoms with E-state index in [9.17, 15) is 4.79 Å². The molecule has 3 aromatic rings. The third kappa shape index (κ3) is 4.20. The number of rotatable bonds is 7. The van der Waals surface area contributed by atoms with Crippen LogP contribution in [-0.2, 0) is 10.3 Å². The van der Waals surface area contributed by atoms with E-state index in [4.69, 9.17) is 9.47 Å².